The summed E-state index contributed by atoms with van der Waals surface area (Å²) in [5.41, 5.74) is 0.0422. The van der Waals surface area contributed by atoms with E-state index in [1.54, 1.807) is 6.08 Å². The molecule has 1 N–H and O–H groups in total. The molecule has 1 fully saturated rings. The second-order valence-corrected chi connectivity index (χ2v) is 6.86. The fourth-order valence-corrected chi connectivity index (χ4v) is 2.46. The van der Waals surface area contributed by atoms with E-state index in [9.17, 15) is 9.18 Å². The van der Waals surface area contributed by atoms with E-state index in [1.807, 2.05) is 27.7 Å². The van der Waals surface area contributed by atoms with Crippen molar-refractivity contribution < 1.29 is 23.6 Å². The highest BCUT2D eigenvalue weighted by atomic mass is 32.1. The number of benzene rings is 1. The standard InChI is InChI=1S/C16H20BFO4S/c1-15(2)16(3,4)22-17(21-15)12(9-23)6-10-5-11(14(19)20)8-13(18)7-10/h5-8,23H,9H2,1-4H3,(H,19,20). The van der Waals surface area contributed by atoms with E-state index in [1.165, 1.54) is 12.1 Å². The summed E-state index contributed by atoms with van der Waals surface area (Å²) < 4.78 is 25.5. The second-order valence-electron chi connectivity index (χ2n) is 6.54. The Morgan fingerprint density at radius 1 is 1.26 bits per heavy atom. The fraction of sp³-hybridized carbons (Fsp3) is 0.438. The largest absolute Gasteiger partial charge is 0.491 e. The maximum absolute atomic E-state index is 13.6. The van der Waals surface area contributed by atoms with E-state index in [2.05, 4.69) is 12.6 Å². The molecule has 23 heavy (non-hydrogen) atoms. The zero-order valence-electron chi connectivity index (χ0n) is 13.6. The molecule has 0 atom stereocenters. The highest BCUT2D eigenvalue weighted by Crippen LogP contribution is 2.39. The molecule has 0 aromatic heterocycles. The Balaban J connectivity index is 2.35. The molecule has 1 saturated heterocycles. The van der Waals surface area contributed by atoms with Crippen LogP contribution < -0.4 is 0 Å². The van der Waals surface area contributed by atoms with Crippen LogP contribution >= 0.6 is 12.6 Å². The number of carboxylic acids is 1. The van der Waals surface area contributed by atoms with E-state index in [0.29, 0.717) is 16.8 Å². The summed E-state index contributed by atoms with van der Waals surface area (Å²) in [6, 6.07) is 3.65. The number of thiol groups is 1. The lowest BCUT2D eigenvalue weighted by molar-refractivity contribution is 0.00578. The number of hydrogen-bond donors (Lipinski definition) is 2. The van der Waals surface area contributed by atoms with Crippen molar-refractivity contribution in [3.63, 3.8) is 0 Å². The van der Waals surface area contributed by atoms with Gasteiger partial charge in [0.05, 0.1) is 16.8 Å². The van der Waals surface area contributed by atoms with Crippen molar-refractivity contribution in [2.45, 2.75) is 38.9 Å². The van der Waals surface area contributed by atoms with Gasteiger partial charge >= 0.3 is 13.1 Å². The summed E-state index contributed by atoms with van der Waals surface area (Å²) in [4.78, 5) is 11.0. The summed E-state index contributed by atoms with van der Waals surface area (Å²) in [6.07, 6.45) is 1.66. The molecule has 0 aliphatic carbocycles. The number of carbonyl (C=O) groups is 1. The Labute approximate surface area is 141 Å². The van der Waals surface area contributed by atoms with Crippen LogP contribution in [0.2, 0.25) is 0 Å². The van der Waals surface area contributed by atoms with Gasteiger partial charge in [0, 0.05) is 5.75 Å². The molecule has 1 heterocycles. The zero-order valence-corrected chi connectivity index (χ0v) is 14.5. The molecule has 1 aliphatic rings. The first-order chi connectivity index (χ1) is 10.6. The number of halogens is 1. The average molecular weight is 338 g/mol. The van der Waals surface area contributed by atoms with Gasteiger partial charge in [0.1, 0.15) is 5.82 Å². The van der Waals surface area contributed by atoms with Gasteiger partial charge < -0.3 is 14.4 Å². The molecule has 1 aromatic rings. The molecule has 0 bridgehead atoms. The number of carboxylic acid groups (broad SMARTS) is 1. The Hall–Kier alpha value is -1.31. The molecule has 1 aromatic carbocycles. The predicted octanol–water partition coefficient (Wildman–Crippen LogP) is 3.47. The normalized spacial score (nSPS) is 19.9. The molecular formula is C16H20BFO4S. The molecule has 0 spiro atoms. The minimum absolute atomic E-state index is 0.108. The summed E-state index contributed by atoms with van der Waals surface area (Å²) in [7, 11) is -0.603. The minimum Gasteiger partial charge on any atom is -0.478 e. The Morgan fingerprint density at radius 2 is 1.83 bits per heavy atom. The molecule has 0 radical (unpaired) electrons. The lowest BCUT2D eigenvalue weighted by Crippen LogP contribution is -2.41. The molecule has 1 aliphatic heterocycles. The van der Waals surface area contributed by atoms with Crippen LogP contribution in [0.5, 0.6) is 0 Å². The summed E-state index contributed by atoms with van der Waals surface area (Å²) in [6.45, 7) is 7.75. The van der Waals surface area contributed by atoms with Crippen LogP contribution in [0.4, 0.5) is 4.39 Å². The molecule has 7 heteroatoms. The second kappa shape index (κ2) is 6.30. The summed E-state index contributed by atoms with van der Waals surface area (Å²) in [5, 5.41) is 9.02. The maximum atomic E-state index is 13.6. The third kappa shape index (κ3) is 3.79. The molecule has 2 rings (SSSR count). The van der Waals surface area contributed by atoms with Crippen LogP contribution in [0.15, 0.2) is 23.7 Å². The van der Waals surface area contributed by atoms with Gasteiger partial charge in [-0.1, -0.05) is 6.08 Å². The lowest BCUT2D eigenvalue weighted by atomic mass is 9.78. The van der Waals surface area contributed by atoms with Gasteiger partial charge in [-0.3, -0.25) is 0 Å². The van der Waals surface area contributed by atoms with E-state index in [4.69, 9.17) is 14.4 Å². The smallest absolute Gasteiger partial charge is 0.478 e. The first-order valence-corrected chi connectivity index (χ1v) is 7.90. The summed E-state index contributed by atoms with van der Waals surface area (Å²) in [5.74, 6) is -1.44. The SMILES string of the molecule is CC1(C)OB(C(=Cc2cc(F)cc(C(=O)O)c2)CS)OC1(C)C. The van der Waals surface area contributed by atoms with Gasteiger partial charge in [0.2, 0.25) is 0 Å². The van der Waals surface area contributed by atoms with Gasteiger partial charge in [-0.15, -0.1) is 0 Å². The molecule has 4 nitrogen and oxygen atoms in total. The third-order valence-corrected chi connectivity index (χ3v) is 4.62. The molecular weight excluding hydrogens is 318 g/mol. The Bertz CT molecular complexity index is 641. The van der Waals surface area contributed by atoms with E-state index in [0.717, 1.165) is 6.07 Å². The highest BCUT2D eigenvalue weighted by Gasteiger charge is 2.52. The predicted molar refractivity (Wildman–Crippen MR) is 91.3 cm³/mol. The van der Waals surface area contributed by atoms with Crippen molar-refractivity contribution in [1.29, 1.82) is 0 Å². The van der Waals surface area contributed by atoms with Gasteiger partial charge in [0.25, 0.3) is 0 Å². The van der Waals surface area contributed by atoms with E-state index >= 15 is 0 Å². The van der Waals surface area contributed by atoms with E-state index in [-0.39, 0.29) is 5.56 Å². The molecule has 0 unspecified atom stereocenters. The maximum Gasteiger partial charge on any atom is 0.491 e. The first-order valence-electron chi connectivity index (χ1n) is 7.26. The topological polar surface area (TPSA) is 55.8 Å². The van der Waals surface area contributed by atoms with Crippen LogP contribution in [0, 0.1) is 5.82 Å². The number of rotatable bonds is 4. The van der Waals surface area contributed by atoms with Crippen LogP contribution in [-0.2, 0) is 9.31 Å². The molecule has 0 saturated carbocycles. The van der Waals surface area contributed by atoms with Crippen LogP contribution in [0.1, 0.15) is 43.6 Å². The van der Waals surface area contributed by atoms with Gasteiger partial charge in [-0.25, -0.2) is 9.18 Å². The van der Waals surface area contributed by atoms with Crippen molar-refractivity contribution in [3.05, 3.63) is 40.6 Å². The third-order valence-electron chi connectivity index (χ3n) is 4.26. The first kappa shape index (κ1) is 18.0. The van der Waals surface area contributed by atoms with Crippen LogP contribution in [0.3, 0.4) is 0 Å². The van der Waals surface area contributed by atoms with Gasteiger partial charge in [-0.2, -0.15) is 12.6 Å². The molecule has 124 valence electrons. The van der Waals surface area contributed by atoms with Gasteiger partial charge in [0.15, 0.2) is 0 Å². The van der Waals surface area contributed by atoms with Crippen LogP contribution in [0.25, 0.3) is 6.08 Å². The van der Waals surface area contributed by atoms with Crippen molar-refractivity contribution in [2.24, 2.45) is 0 Å². The highest BCUT2D eigenvalue weighted by molar-refractivity contribution is 7.80. The fourth-order valence-electron chi connectivity index (χ4n) is 2.22. The zero-order chi connectivity index (χ0) is 17.4. The van der Waals surface area contributed by atoms with Crippen molar-refractivity contribution >= 4 is 31.8 Å². The minimum atomic E-state index is -1.18. The average Bonchev–Trinajstić information content (AvgIpc) is 2.64. The van der Waals surface area contributed by atoms with Crippen LogP contribution in [-0.4, -0.2) is 35.1 Å². The monoisotopic (exact) mass is 338 g/mol. The number of hydrogen-bond acceptors (Lipinski definition) is 4. The quantitative estimate of drug-likeness (QED) is 0.652. The van der Waals surface area contributed by atoms with E-state index < -0.39 is 30.1 Å². The summed E-state index contributed by atoms with van der Waals surface area (Å²) >= 11 is 4.29. The number of aromatic carboxylic acids is 1. The molecule has 0 amide bonds. The Kier molecular flexibility index (Phi) is 4.94. The lowest BCUT2D eigenvalue weighted by Gasteiger charge is -2.32. The van der Waals surface area contributed by atoms with Crippen molar-refractivity contribution in [1.82, 2.24) is 0 Å². The Morgan fingerprint density at radius 3 is 2.30 bits per heavy atom. The van der Waals surface area contributed by atoms with Crippen molar-refractivity contribution in [3.8, 4) is 0 Å². The van der Waals surface area contributed by atoms with Gasteiger partial charge in [-0.05, 0) is 56.9 Å². The van der Waals surface area contributed by atoms with Crippen molar-refractivity contribution in [2.75, 3.05) is 5.75 Å².